The maximum Gasteiger partial charge on any atom is 0.335 e. The highest BCUT2D eigenvalue weighted by molar-refractivity contribution is 7.89. The third kappa shape index (κ3) is 3.80. The lowest BCUT2D eigenvalue weighted by molar-refractivity contribution is 0.0696. The van der Waals surface area contributed by atoms with Gasteiger partial charge in [-0.2, -0.15) is 0 Å². The molecule has 0 saturated heterocycles. The van der Waals surface area contributed by atoms with Crippen molar-refractivity contribution in [2.75, 3.05) is 13.6 Å². The van der Waals surface area contributed by atoms with E-state index in [0.29, 0.717) is 18.0 Å². The zero-order valence-corrected chi connectivity index (χ0v) is 13.1. The van der Waals surface area contributed by atoms with Crippen LogP contribution in [-0.2, 0) is 10.0 Å². The number of hydrogen-bond acceptors (Lipinski definition) is 3. The second-order valence-corrected chi connectivity index (χ2v) is 7.31. The summed E-state index contributed by atoms with van der Waals surface area (Å²) in [6.07, 6.45) is 0.757. The molecule has 0 spiro atoms. The molecule has 0 saturated carbocycles. The van der Waals surface area contributed by atoms with Crippen LogP contribution in [-0.4, -0.2) is 37.4 Å². The van der Waals surface area contributed by atoms with Gasteiger partial charge < -0.3 is 5.11 Å². The Bertz CT molecular complexity index is 593. The molecule has 1 N–H and O–H groups in total. The molecule has 0 atom stereocenters. The second-order valence-electron chi connectivity index (χ2n) is 5.29. The summed E-state index contributed by atoms with van der Waals surface area (Å²) in [5, 5.41) is 8.97. The quantitative estimate of drug-likeness (QED) is 0.875. The number of aromatic carboxylic acids is 1. The molecule has 0 aliphatic heterocycles. The van der Waals surface area contributed by atoms with Gasteiger partial charge in [-0.15, -0.1) is 0 Å². The molecular formula is C14H21NO4S. The predicted octanol–water partition coefficient (Wildman–Crippen LogP) is 2.36. The van der Waals surface area contributed by atoms with Gasteiger partial charge in [0, 0.05) is 13.6 Å². The highest BCUT2D eigenvalue weighted by Gasteiger charge is 2.23. The van der Waals surface area contributed by atoms with Crippen LogP contribution in [0.15, 0.2) is 23.1 Å². The Balaban J connectivity index is 3.14. The van der Waals surface area contributed by atoms with Crippen molar-refractivity contribution in [1.29, 1.82) is 0 Å². The van der Waals surface area contributed by atoms with E-state index in [1.807, 2.05) is 13.8 Å². The lowest BCUT2D eigenvalue weighted by Crippen LogP contribution is -2.29. The molecule has 0 unspecified atom stereocenters. The van der Waals surface area contributed by atoms with Crippen molar-refractivity contribution in [3.05, 3.63) is 29.3 Å². The van der Waals surface area contributed by atoms with E-state index in [4.69, 9.17) is 5.11 Å². The lowest BCUT2D eigenvalue weighted by atomic mass is 10.1. The van der Waals surface area contributed by atoms with Crippen LogP contribution < -0.4 is 0 Å². The standard InChI is InChI=1S/C14H21NO4S/c1-10(2)7-8-15(4)20(18,19)13-9-12(14(16)17)6-5-11(13)3/h5-6,9-10H,7-8H2,1-4H3,(H,16,17). The number of nitrogens with zero attached hydrogens (tertiary/aromatic N) is 1. The minimum absolute atomic E-state index is 0.0218. The number of sulfonamides is 1. The van der Waals surface area contributed by atoms with E-state index < -0.39 is 16.0 Å². The van der Waals surface area contributed by atoms with Crippen LogP contribution in [0, 0.1) is 12.8 Å². The molecule has 0 aromatic heterocycles. The predicted molar refractivity (Wildman–Crippen MR) is 77.4 cm³/mol. The molecule has 0 fully saturated rings. The van der Waals surface area contributed by atoms with Crippen LogP contribution in [0.5, 0.6) is 0 Å². The molecule has 112 valence electrons. The molecule has 1 aromatic rings. The Morgan fingerprint density at radius 1 is 1.35 bits per heavy atom. The zero-order chi connectivity index (χ0) is 15.5. The Morgan fingerprint density at radius 3 is 2.45 bits per heavy atom. The van der Waals surface area contributed by atoms with Gasteiger partial charge in [0.1, 0.15) is 0 Å². The Hall–Kier alpha value is -1.40. The first kappa shape index (κ1) is 16.7. The average molecular weight is 299 g/mol. The van der Waals surface area contributed by atoms with Crippen LogP contribution in [0.3, 0.4) is 0 Å². The summed E-state index contributed by atoms with van der Waals surface area (Å²) in [5.41, 5.74) is 0.526. The average Bonchev–Trinajstić information content (AvgIpc) is 2.35. The van der Waals surface area contributed by atoms with Crippen molar-refractivity contribution in [3.8, 4) is 0 Å². The lowest BCUT2D eigenvalue weighted by Gasteiger charge is -2.19. The van der Waals surface area contributed by atoms with Crippen molar-refractivity contribution >= 4 is 16.0 Å². The van der Waals surface area contributed by atoms with Gasteiger partial charge in [-0.05, 0) is 37.0 Å². The monoisotopic (exact) mass is 299 g/mol. The maximum atomic E-state index is 12.5. The fraction of sp³-hybridized carbons (Fsp3) is 0.500. The van der Waals surface area contributed by atoms with E-state index in [-0.39, 0.29) is 10.5 Å². The highest BCUT2D eigenvalue weighted by atomic mass is 32.2. The zero-order valence-electron chi connectivity index (χ0n) is 12.3. The van der Waals surface area contributed by atoms with Gasteiger partial charge in [-0.1, -0.05) is 19.9 Å². The number of carbonyl (C=O) groups is 1. The minimum atomic E-state index is -3.65. The van der Waals surface area contributed by atoms with Gasteiger partial charge in [0.15, 0.2) is 0 Å². The second kappa shape index (κ2) is 6.37. The summed E-state index contributed by atoms with van der Waals surface area (Å²) in [6, 6.07) is 4.15. The first-order valence-electron chi connectivity index (χ1n) is 6.46. The third-order valence-electron chi connectivity index (χ3n) is 3.14. The molecule has 0 aliphatic carbocycles. The van der Waals surface area contributed by atoms with Crippen molar-refractivity contribution in [2.45, 2.75) is 32.1 Å². The minimum Gasteiger partial charge on any atom is -0.478 e. The van der Waals surface area contributed by atoms with Gasteiger partial charge in [-0.3, -0.25) is 0 Å². The molecule has 0 radical (unpaired) electrons. The summed E-state index contributed by atoms with van der Waals surface area (Å²) >= 11 is 0. The molecule has 1 rings (SSSR count). The van der Waals surface area contributed by atoms with E-state index >= 15 is 0 Å². The number of hydrogen-bond donors (Lipinski definition) is 1. The van der Waals surface area contributed by atoms with E-state index in [0.717, 1.165) is 6.42 Å². The molecule has 0 amide bonds. The summed E-state index contributed by atoms with van der Waals surface area (Å²) in [7, 11) is -2.13. The Kier molecular flexibility index (Phi) is 5.30. The highest BCUT2D eigenvalue weighted by Crippen LogP contribution is 2.21. The van der Waals surface area contributed by atoms with E-state index in [2.05, 4.69) is 0 Å². The fourth-order valence-corrected chi connectivity index (χ4v) is 3.17. The van der Waals surface area contributed by atoms with Crippen LogP contribution >= 0.6 is 0 Å². The topological polar surface area (TPSA) is 74.7 Å². The molecule has 6 heteroatoms. The number of aryl methyl sites for hydroxylation is 1. The van der Waals surface area contributed by atoms with Crippen LogP contribution in [0.1, 0.15) is 36.2 Å². The van der Waals surface area contributed by atoms with Crippen LogP contribution in [0.4, 0.5) is 0 Å². The van der Waals surface area contributed by atoms with Crippen LogP contribution in [0.2, 0.25) is 0 Å². The third-order valence-corrected chi connectivity index (χ3v) is 5.14. The van der Waals surface area contributed by atoms with Gasteiger partial charge in [-0.25, -0.2) is 17.5 Å². The number of rotatable bonds is 6. The van der Waals surface area contributed by atoms with Gasteiger partial charge in [0.25, 0.3) is 0 Å². The maximum absolute atomic E-state index is 12.5. The molecule has 1 aromatic carbocycles. The van der Waals surface area contributed by atoms with E-state index in [9.17, 15) is 13.2 Å². The van der Waals surface area contributed by atoms with E-state index in [1.165, 1.54) is 29.6 Å². The summed E-state index contributed by atoms with van der Waals surface area (Å²) in [5.74, 6) is -0.731. The molecule has 0 aliphatic rings. The Morgan fingerprint density at radius 2 is 1.95 bits per heavy atom. The fourth-order valence-electron chi connectivity index (χ4n) is 1.74. The normalized spacial score (nSPS) is 12.1. The number of benzene rings is 1. The summed E-state index contributed by atoms with van der Waals surface area (Å²) in [4.78, 5) is 11.0. The molecule has 20 heavy (non-hydrogen) atoms. The van der Waals surface area contributed by atoms with Crippen molar-refractivity contribution in [1.82, 2.24) is 4.31 Å². The molecule has 0 heterocycles. The largest absolute Gasteiger partial charge is 0.478 e. The van der Waals surface area contributed by atoms with Crippen molar-refractivity contribution < 1.29 is 18.3 Å². The smallest absolute Gasteiger partial charge is 0.335 e. The summed E-state index contributed by atoms with van der Waals surface area (Å²) < 4.78 is 26.2. The van der Waals surface area contributed by atoms with Gasteiger partial charge in [0.05, 0.1) is 10.5 Å². The van der Waals surface area contributed by atoms with Crippen molar-refractivity contribution in [3.63, 3.8) is 0 Å². The SMILES string of the molecule is Cc1ccc(C(=O)O)cc1S(=O)(=O)N(C)CCC(C)C. The first-order valence-corrected chi connectivity index (χ1v) is 7.90. The van der Waals surface area contributed by atoms with Crippen LogP contribution in [0.25, 0.3) is 0 Å². The van der Waals surface area contributed by atoms with Crippen molar-refractivity contribution in [2.24, 2.45) is 5.92 Å². The van der Waals surface area contributed by atoms with E-state index in [1.54, 1.807) is 6.92 Å². The number of carboxylic acid groups (broad SMARTS) is 1. The first-order chi connectivity index (χ1) is 9.16. The molecule has 5 nitrogen and oxygen atoms in total. The Labute approximate surface area is 120 Å². The molecular weight excluding hydrogens is 278 g/mol. The molecule has 0 bridgehead atoms. The van der Waals surface area contributed by atoms with Gasteiger partial charge in [0.2, 0.25) is 10.0 Å². The summed E-state index contributed by atoms with van der Waals surface area (Å²) in [6.45, 7) is 6.12. The van der Waals surface area contributed by atoms with Gasteiger partial charge >= 0.3 is 5.97 Å². The number of carboxylic acids is 1.